The maximum absolute atomic E-state index is 13.6. The van der Waals surface area contributed by atoms with E-state index in [0.29, 0.717) is 18.9 Å². The van der Waals surface area contributed by atoms with Crippen molar-refractivity contribution in [3.05, 3.63) is 29.6 Å². The number of carboxylic acid groups (broad SMARTS) is 1. The summed E-state index contributed by atoms with van der Waals surface area (Å²) in [6.45, 7) is 2.53. The summed E-state index contributed by atoms with van der Waals surface area (Å²) in [5.41, 5.74) is 4.88. The van der Waals surface area contributed by atoms with Crippen LogP contribution in [0.4, 0.5) is 10.1 Å². The monoisotopic (exact) mass is 282 g/mol. The van der Waals surface area contributed by atoms with Crippen molar-refractivity contribution in [3.8, 4) is 0 Å². The SMILES string of the molecule is CC(CCN)CCC(=O)Nc1c(F)cccc1C(=O)O. The van der Waals surface area contributed by atoms with Gasteiger partial charge in [-0.2, -0.15) is 0 Å². The molecule has 0 saturated heterocycles. The molecule has 0 aliphatic heterocycles. The lowest BCUT2D eigenvalue weighted by atomic mass is 10.0. The van der Waals surface area contributed by atoms with Crippen LogP contribution in [0.25, 0.3) is 0 Å². The fourth-order valence-corrected chi connectivity index (χ4v) is 1.84. The van der Waals surface area contributed by atoms with Crippen LogP contribution in [0.2, 0.25) is 0 Å². The molecule has 1 unspecified atom stereocenters. The third-order valence-electron chi connectivity index (χ3n) is 3.03. The number of rotatable bonds is 7. The molecular formula is C14H19FN2O3. The molecule has 0 heterocycles. The van der Waals surface area contributed by atoms with E-state index < -0.39 is 17.7 Å². The van der Waals surface area contributed by atoms with Crippen molar-refractivity contribution in [2.24, 2.45) is 11.7 Å². The van der Waals surface area contributed by atoms with Crippen LogP contribution in [-0.4, -0.2) is 23.5 Å². The molecule has 1 aromatic carbocycles. The van der Waals surface area contributed by atoms with Gasteiger partial charge < -0.3 is 16.2 Å². The fraction of sp³-hybridized carbons (Fsp3) is 0.429. The molecule has 0 spiro atoms. The van der Waals surface area contributed by atoms with E-state index in [1.54, 1.807) is 0 Å². The van der Waals surface area contributed by atoms with Gasteiger partial charge in [0.25, 0.3) is 0 Å². The summed E-state index contributed by atoms with van der Waals surface area (Å²) < 4.78 is 13.6. The Morgan fingerprint density at radius 3 is 2.70 bits per heavy atom. The molecule has 110 valence electrons. The van der Waals surface area contributed by atoms with Crippen molar-refractivity contribution in [3.63, 3.8) is 0 Å². The summed E-state index contributed by atoms with van der Waals surface area (Å²) in [6.07, 6.45) is 1.64. The second-order valence-corrected chi connectivity index (χ2v) is 4.74. The number of carbonyl (C=O) groups is 2. The van der Waals surface area contributed by atoms with Gasteiger partial charge in [-0.15, -0.1) is 0 Å². The zero-order valence-electron chi connectivity index (χ0n) is 11.4. The van der Waals surface area contributed by atoms with Crippen LogP contribution in [0, 0.1) is 11.7 Å². The summed E-state index contributed by atoms with van der Waals surface area (Å²) in [6, 6.07) is 3.65. The minimum Gasteiger partial charge on any atom is -0.478 e. The molecule has 1 rings (SSSR count). The molecular weight excluding hydrogens is 263 g/mol. The number of benzene rings is 1. The van der Waals surface area contributed by atoms with Crippen molar-refractivity contribution in [1.29, 1.82) is 0 Å². The number of hydrogen-bond acceptors (Lipinski definition) is 3. The normalized spacial score (nSPS) is 11.9. The topological polar surface area (TPSA) is 92.4 Å². The van der Waals surface area contributed by atoms with Gasteiger partial charge in [-0.1, -0.05) is 13.0 Å². The highest BCUT2D eigenvalue weighted by atomic mass is 19.1. The van der Waals surface area contributed by atoms with Crippen LogP contribution in [0.1, 0.15) is 36.5 Å². The van der Waals surface area contributed by atoms with Gasteiger partial charge in [-0.05, 0) is 37.4 Å². The number of anilines is 1. The average Bonchev–Trinajstić information content (AvgIpc) is 2.39. The highest BCUT2D eigenvalue weighted by Gasteiger charge is 2.16. The molecule has 0 bridgehead atoms. The van der Waals surface area contributed by atoms with E-state index in [4.69, 9.17) is 10.8 Å². The van der Waals surface area contributed by atoms with Crippen LogP contribution in [0.3, 0.4) is 0 Å². The maximum Gasteiger partial charge on any atom is 0.337 e. The molecule has 6 heteroatoms. The zero-order valence-corrected chi connectivity index (χ0v) is 11.4. The van der Waals surface area contributed by atoms with E-state index in [9.17, 15) is 14.0 Å². The smallest absolute Gasteiger partial charge is 0.337 e. The highest BCUT2D eigenvalue weighted by molar-refractivity contribution is 6.00. The van der Waals surface area contributed by atoms with Gasteiger partial charge >= 0.3 is 5.97 Å². The van der Waals surface area contributed by atoms with E-state index in [1.165, 1.54) is 12.1 Å². The number of halogens is 1. The number of carboxylic acids is 1. The Morgan fingerprint density at radius 2 is 2.10 bits per heavy atom. The Morgan fingerprint density at radius 1 is 1.40 bits per heavy atom. The fourth-order valence-electron chi connectivity index (χ4n) is 1.84. The van der Waals surface area contributed by atoms with E-state index in [2.05, 4.69) is 5.32 Å². The first-order valence-electron chi connectivity index (χ1n) is 6.47. The van der Waals surface area contributed by atoms with Gasteiger partial charge in [0.15, 0.2) is 0 Å². The highest BCUT2D eigenvalue weighted by Crippen LogP contribution is 2.20. The third-order valence-corrected chi connectivity index (χ3v) is 3.03. The van der Waals surface area contributed by atoms with Gasteiger partial charge in [-0.25, -0.2) is 9.18 Å². The first-order chi connectivity index (χ1) is 9.45. The maximum atomic E-state index is 13.6. The second-order valence-electron chi connectivity index (χ2n) is 4.74. The quantitative estimate of drug-likeness (QED) is 0.715. The molecule has 1 atom stereocenters. The lowest BCUT2D eigenvalue weighted by Crippen LogP contribution is -2.17. The molecule has 0 aliphatic carbocycles. The van der Waals surface area contributed by atoms with E-state index >= 15 is 0 Å². The van der Waals surface area contributed by atoms with Crippen molar-refractivity contribution in [2.45, 2.75) is 26.2 Å². The molecule has 1 aromatic rings. The first-order valence-corrected chi connectivity index (χ1v) is 6.47. The van der Waals surface area contributed by atoms with Crippen molar-refractivity contribution < 1.29 is 19.1 Å². The number of aromatic carboxylic acids is 1. The minimum absolute atomic E-state index is 0.203. The molecule has 0 aromatic heterocycles. The van der Waals surface area contributed by atoms with Crippen molar-refractivity contribution in [2.75, 3.05) is 11.9 Å². The summed E-state index contributed by atoms with van der Waals surface area (Å²) in [5.74, 6) is -2.14. The Labute approximate surface area is 117 Å². The Balaban J connectivity index is 2.69. The number of carbonyl (C=O) groups excluding carboxylic acids is 1. The van der Waals surface area contributed by atoms with Gasteiger partial charge in [-0.3, -0.25) is 4.79 Å². The molecule has 0 radical (unpaired) electrons. The van der Waals surface area contributed by atoms with Gasteiger partial charge in [0, 0.05) is 6.42 Å². The van der Waals surface area contributed by atoms with Gasteiger partial charge in [0.05, 0.1) is 11.3 Å². The van der Waals surface area contributed by atoms with E-state index in [0.717, 1.165) is 12.5 Å². The minimum atomic E-state index is -1.28. The molecule has 4 N–H and O–H groups in total. The third kappa shape index (κ3) is 4.62. The summed E-state index contributed by atoms with van der Waals surface area (Å²) in [7, 11) is 0. The van der Waals surface area contributed by atoms with Crippen LogP contribution >= 0.6 is 0 Å². The molecule has 0 aliphatic rings. The average molecular weight is 282 g/mol. The number of hydrogen-bond donors (Lipinski definition) is 3. The molecule has 0 fully saturated rings. The second kappa shape index (κ2) is 7.59. The van der Waals surface area contributed by atoms with Crippen molar-refractivity contribution >= 4 is 17.6 Å². The van der Waals surface area contributed by atoms with Crippen LogP contribution < -0.4 is 11.1 Å². The Hall–Kier alpha value is -1.95. The van der Waals surface area contributed by atoms with E-state index in [-0.39, 0.29) is 17.7 Å². The summed E-state index contributed by atoms with van der Waals surface area (Å²) in [5, 5.41) is 11.3. The van der Waals surface area contributed by atoms with Crippen LogP contribution in [0.15, 0.2) is 18.2 Å². The molecule has 1 amide bonds. The number of amides is 1. The predicted octanol–water partition coefficient (Wildman–Crippen LogP) is 2.23. The number of nitrogens with two attached hydrogens (primary N) is 1. The number of para-hydroxylation sites is 1. The first kappa shape index (κ1) is 16.1. The largest absolute Gasteiger partial charge is 0.478 e. The van der Waals surface area contributed by atoms with E-state index in [1.807, 2.05) is 6.92 Å². The Kier molecular flexibility index (Phi) is 6.11. The van der Waals surface area contributed by atoms with Gasteiger partial charge in [0.1, 0.15) is 5.82 Å². The van der Waals surface area contributed by atoms with Crippen LogP contribution in [0.5, 0.6) is 0 Å². The summed E-state index contributed by atoms with van der Waals surface area (Å²) in [4.78, 5) is 22.7. The van der Waals surface area contributed by atoms with Crippen molar-refractivity contribution in [1.82, 2.24) is 0 Å². The van der Waals surface area contributed by atoms with Crippen LogP contribution in [-0.2, 0) is 4.79 Å². The zero-order chi connectivity index (χ0) is 15.1. The predicted molar refractivity (Wildman–Crippen MR) is 74.1 cm³/mol. The van der Waals surface area contributed by atoms with Gasteiger partial charge in [0.2, 0.25) is 5.91 Å². The lowest BCUT2D eigenvalue weighted by Gasteiger charge is -2.12. The molecule has 5 nitrogen and oxygen atoms in total. The summed E-state index contributed by atoms with van der Waals surface area (Å²) >= 11 is 0. The molecule has 0 saturated carbocycles. The standard InChI is InChI=1S/C14H19FN2O3/c1-9(7-8-16)5-6-12(18)17-13-10(14(19)20)3-2-4-11(13)15/h2-4,9H,5-8,16H2,1H3,(H,17,18)(H,19,20). The Bertz CT molecular complexity index is 491. The number of nitrogens with one attached hydrogen (secondary N) is 1. The molecule has 20 heavy (non-hydrogen) atoms. The lowest BCUT2D eigenvalue weighted by molar-refractivity contribution is -0.116.